The van der Waals surface area contributed by atoms with Gasteiger partial charge < -0.3 is 4.90 Å². The van der Waals surface area contributed by atoms with Gasteiger partial charge in [0.2, 0.25) is 6.33 Å². The van der Waals surface area contributed by atoms with Crippen molar-refractivity contribution in [3.8, 4) is 0 Å². The fourth-order valence-corrected chi connectivity index (χ4v) is 3.37. The summed E-state index contributed by atoms with van der Waals surface area (Å²) in [6.07, 6.45) is 12.4. The van der Waals surface area contributed by atoms with Crippen LogP contribution in [0.15, 0.2) is 18.7 Å². The van der Waals surface area contributed by atoms with Crippen LogP contribution in [0, 0.1) is 0 Å². The fraction of sp³-hybridized carbons (Fsp3) is 0.750. The van der Waals surface area contributed by atoms with E-state index in [9.17, 15) is 25.2 Å². The van der Waals surface area contributed by atoms with Crippen LogP contribution in [-0.4, -0.2) is 32.6 Å². The monoisotopic (exact) mass is 473 g/mol. The first-order valence-electron chi connectivity index (χ1n) is 9.11. The quantitative estimate of drug-likeness (QED) is 0.119. The molecule has 0 N–H and O–H groups in total. The van der Waals surface area contributed by atoms with E-state index in [1.54, 1.807) is 0 Å². The molecule has 0 spiro atoms. The summed E-state index contributed by atoms with van der Waals surface area (Å²) < 4.78 is 64.6. The molecule has 28 heavy (non-hydrogen) atoms. The Balaban J connectivity index is 0.000000887. The Hall–Kier alpha value is -0.540. The van der Waals surface area contributed by atoms with Crippen molar-refractivity contribution in [3.05, 3.63) is 18.7 Å². The number of halogens is 6. The summed E-state index contributed by atoms with van der Waals surface area (Å²) in [7, 11) is -8.60. The Labute approximate surface area is 172 Å². The van der Waals surface area contributed by atoms with Gasteiger partial charge in [-0.25, -0.2) is 9.13 Å². The molecular formula is C16H30F6N3PS2. The van der Waals surface area contributed by atoms with Gasteiger partial charge in [-0.2, -0.15) is 0 Å². The van der Waals surface area contributed by atoms with Gasteiger partial charge in [-0.3, -0.25) is 0 Å². The third kappa shape index (κ3) is 20.2. The molecule has 12 heteroatoms. The average Bonchev–Trinajstić information content (AvgIpc) is 2.94. The summed E-state index contributed by atoms with van der Waals surface area (Å²) in [6, 6.07) is 0. The number of aromatic nitrogens is 2. The van der Waals surface area contributed by atoms with Gasteiger partial charge in [-0.1, -0.05) is 50.7 Å². The minimum atomic E-state index is -10.7. The normalized spacial score (nSPS) is 13.9. The van der Waals surface area contributed by atoms with E-state index in [0.717, 1.165) is 36.1 Å². The Morgan fingerprint density at radius 3 is 1.93 bits per heavy atom. The van der Waals surface area contributed by atoms with Crippen LogP contribution in [0.25, 0.3) is 0 Å². The SMILES string of the molecule is CCCCN(CCCC)C(=S)SCCCn1cc[n+](C)c1.F[P-](F)(F)(F)(F)F. The van der Waals surface area contributed by atoms with Gasteiger partial charge in [0.15, 0.2) is 0 Å². The van der Waals surface area contributed by atoms with Crippen LogP contribution in [0.1, 0.15) is 46.0 Å². The maximum absolute atomic E-state index is 10.7. The molecule has 1 heterocycles. The van der Waals surface area contributed by atoms with Crippen LogP contribution in [0.3, 0.4) is 0 Å². The fourth-order valence-electron chi connectivity index (χ4n) is 2.12. The van der Waals surface area contributed by atoms with Crippen molar-refractivity contribution in [1.29, 1.82) is 0 Å². The molecule has 0 aliphatic carbocycles. The third-order valence-electron chi connectivity index (χ3n) is 3.43. The van der Waals surface area contributed by atoms with E-state index in [1.165, 1.54) is 25.7 Å². The van der Waals surface area contributed by atoms with Crippen molar-refractivity contribution in [2.45, 2.75) is 52.5 Å². The van der Waals surface area contributed by atoms with Crippen LogP contribution in [0.4, 0.5) is 25.2 Å². The minimum absolute atomic E-state index is 1.07. The molecule has 0 saturated heterocycles. The summed E-state index contributed by atoms with van der Waals surface area (Å²) in [5.74, 6) is 1.11. The first-order chi connectivity index (χ1) is 12.6. The first kappa shape index (κ1) is 27.5. The number of hydrogen-bond donors (Lipinski definition) is 0. The predicted octanol–water partition coefficient (Wildman–Crippen LogP) is 7.01. The van der Waals surface area contributed by atoms with Gasteiger partial charge in [0.05, 0.1) is 13.6 Å². The van der Waals surface area contributed by atoms with Crippen molar-refractivity contribution in [3.63, 3.8) is 0 Å². The molecular weight excluding hydrogens is 443 g/mol. The summed E-state index contributed by atoms with van der Waals surface area (Å²) in [5.41, 5.74) is 0. The molecule has 3 nitrogen and oxygen atoms in total. The molecule has 1 aromatic rings. The van der Waals surface area contributed by atoms with E-state index < -0.39 is 7.81 Å². The number of nitrogens with zero attached hydrogens (tertiary/aromatic N) is 3. The molecule has 0 aromatic carbocycles. The van der Waals surface area contributed by atoms with Crippen molar-refractivity contribution in [2.24, 2.45) is 7.05 Å². The second-order valence-corrected chi connectivity index (χ2v) is 10.1. The van der Waals surface area contributed by atoms with E-state index in [4.69, 9.17) is 12.2 Å². The van der Waals surface area contributed by atoms with Crippen LogP contribution in [0.2, 0.25) is 0 Å². The Morgan fingerprint density at radius 1 is 1.04 bits per heavy atom. The van der Waals surface area contributed by atoms with E-state index in [0.29, 0.717) is 0 Å². The molecule has 0 atom stereocenters. The number of unbranched alkanes of at least 4 members (excludes halogenated alkanes) is 2. The second kappa shape index (κ2) is 11.0. The van der Waals surface area contributed by atoms with Crippen LogP contribution in [0.5, 0.6) is 0 Å². The molecule has 0 radical (unpaired) electrons. The third-order valence-corrected chi connectivity index (χ3v) is 5.04. The van der Waals surface area contributed by atoms with Gasteiger partial charge >= 0.3 is 33.0 Å². The topological polar surface area (TPSA) is 12.1 Å². The Bertz CT molecular complexity index is 573. The molecule has 0 bridgehead atoms. The number of thiocarbonyl (C=S) groups is 1. The van der Waals surface area contributed by atoms with Gasteiger partial charge in [-0.05, 0) is 19.3 Å². The van der Waals surface area contributed by atoms with Crippen molar-refractivity contribution < 1.29 is 29.7 Å². The number of rotatable bonds is 10. The first-order valence-corrected chi connectivity index (χ1v) is 12.5. The molecule has 0 saturated carbocycles. The van der Waals surface area contributed by atoms with Gasteiger partial charge in [0, 0.05) is 18.8 Å². The maximum atomic E-state index is 9.87. The summed E-state index contributed by atoms with van der Waals surface area (Å²) >= 11 is 7.46. The second-order valence-electron chi connectivity index (χ2n) is 6.44. The van der Waals surface area contributed by atoms with Crippen molar-refractivity contribution in [2.75, 3.05) is 18.8 Å². The zero-order valence-electron chi connectivity index (χ0n) is 16.5. The molecule has 0 aliphatic heterocycles. The van der Waals surface area contributed by atoms with Gasteiger partial charge in [0.1, 0.15) is 16.7 Å². The molecule has 1 rings (SSSR count). The average molecular weight is 474 g/mol. The number of thioether (sulfide) groups is 1. The molecule has 1 aromatic heterocycles. The number of aryl methyl sites for hydroxylation is 2. The Kier molecular flexibility index (Phi) is 10.8. The van der Waals surface area contributed by atoms with Crippen molar-refractivity contribution in [1.82, 2.24) is 9.47 Å². The van der Waals surface area contributed by atoms with Gasteiger partial charge in [-0.15, -0.1) is 0 Å². The molecule has 168 valence electrons. The summed E-state index contributed by atoms with van der Waals surface area (Å²) in [4.78, 5) is 2.41. The standard InChI is InChI=1S/C16H30N3S2.F6P/c1-4-6-10-19(11-7-5-2)16(20)21-14-8-9-18-13-12-17(3)15-18;1-7(2,3,4,5)6/h12-13,15H,4-11,14H2,1-3H3;/q+1;-1. The molecule has 0 unspecified atom stereocenters. The number of imidazole rings is 1. The molecule has 0 amide bonds. The molecule has 0 aliphatic rings. The summed E-state index contributed by atoms with van der Waals surface area (Å²) in [5, 5.41) is 0. The number of hydrogen-bond acceptors (Lipinski definition) is 2. The van der Waals surface area contributed by atoms with Crippen molar-refractivity contribution >= 4 is 36.1 Å². The van der Waals surface area contributed by atoms with Crippen LogP contribution in [-0.2, 0) is 13.6 Å². The zero-order valence-corrected chi connectivity index (χ0v) is 19.0. The predicted molar refractivity (Wildman–Crippen MR) is 110 cm³/mol. The Morgan fingerprint density at radius 2 is 1.54 bits per heavy atom. The van der Waals surface area contributed by atoms with E-state index in [2.05, 4.69) is 53.7 Å². The van der Waals surface area contributed by atoms with E-state index >= 15 is 0 Å². The van der Waals surface area contributed by atoms with E-state index in [-0.39, 0.29) is 0 Å². The van der Waals surface area contributed by atoms with Gasteiger partial charge in [0.25, 0.3) is 0 Å². The van der Waals surface area contributed by atoms with Crippen LogP contribution < -0.4 is 4.57 Å². The zero-order chi connectivity index (χ0) is 21.9. The summed E-state index contributed by atoms with van der Waals surface area (Å²) in [6.45, 7) is 7.79. The van der Waals surface area contributed by atoms with Crippen LogP contribution >= 0.6 is 31.8 Å². The molecule has 0 fully saturated rings. The van der Waals surface area contributed by atoms with E-state index in [1.807, 2.05) is 11.8 Å².